The molecule has 5 rings (SSSR count). The predicted molar refractivity (Wildman–Crippen MR) is 151 cm³/mol. The van der Waals surface area contributed by atoms with Crippen molar-refractivity contribution in [3.63, 3.8) is 0 Å². The van der Waals surface area contributed by atoms with Gasteiger partial charge in [0.05, 0.1) is 31.4 Å². The monoisotopic (exact) mass is 536 g/mol. The number of aromatic amines is 1. The lowest BCUT2D eigenvalue weighted by molar-refractivity contribution is -0.129. The van der Waals surface area contributed by atoms with E-state index >= 15 is 0 Å². The molecule has 1 amide bonds. The Bertz CT molecular complexity index is 1630. The molecule has 1 unspecified atom stereocenters. The summed E-state index contributed by atoms with van der Waals surface area (Å²) in [5.41, 5.74) is 3.61. The van der Waals surface area contributed by atoms with Crippen LogP contribution in [0.1, 0.15) is 33.1 Å². The molecule has 2 heterocycles. The number of rotatable bonds is 9. The highest BCUT2D eigenvalue weighted by atomic mass is 16.5. The Morgan fingerprint density at radius 2 is 1.77 bits per heavy atom. The maximum Gasteiger partial charge on any atom is 0.337 e. The van der Waals surface area contributed by atoms with Crippen LogP contribution >= 0.6 is 0 Å². The lowest BCUT2D eigenvalue weighted by Gasteiger charge is -2.26. The van der Waals surface area contributed by atoms with E-state index in [1.165, 1.54) is 18.1 Å². The van der Waals surface area contributed by atoms with E-state index in [2.05, 4.69) is 4.98 Å². The van der Waals surface area contributed by atoms with E-state index in [9.17, 15) is 19.5 Å². The second-order valence-corrected chi connectivity index (χ2v) is 9.36. The highest BCUT2D eigenvalue weighted by molar-refractivity contribution is 6.14. The van der Waals surface area contributed by atoms with Gasteiger partial charge in [0, 0.05) is 23.6 Å². The van der Waals surface area contributed by atoms with Gasteiger partial charge in [0.25, 0.3) is 5.91 Å². The van der Waals surface area contributed by atoms with Crippen LogP contribution in [-0.4, -0.2) is 53.4 Å². The molecule has 2 N–H and O–H groups in total. The number of ether oxygens (including phenoxy) is 2. The van der Waals surface area contributed by atoms with Crippen LogP contribution in [0.25, 0.3) is 17.0 Å². The molecule has 0 saturated heterocycles. The zero-order chi connectivity index (χ0) is 28.2. The summed E-state index contributed by atoms with van der Waals surface area (Å²) in [6, 6.07) is 20.6. The molecule has 0 bridgehead atoms. The topological polar surface area (TPSA) is 109 Å². The van der Waals surface area contributed by atoms with E-state index in [1.807, 2.05) is 54.7 Å². The Hall–Kier alpha value is -5.11. The molecule has 0 aliphatic carbocycles. The molecular formula is C32H28N2O6. The number of aliphatic hydroxyl groups excluding tert-OH is 1. The van der Waals surface area contributed by atoms with E-state index in [-0.39, 0.29) is 12.1 Å². The number of carbonyl (C=O) groups excluding carboxylic acids is 3. The van der Waals surface area contributed by atoms with Crippen molar-refractivity contribution in [2.75, 3.05) is 20.8 Å². The first-order valence-electron chi connectivity index (χ1n) is 12.7. The van der Waals surface area contributed by atoms with Gasteiger partial charge >= 0.3 is 5.97 Å². The van der Waals surface area contributed by atoms with Crippen molar-refractivity contribution < 1.29 is 29.0 Å². The minimum atomic E-state index is -0.841. The third kappa shape index (κ3) is 5.11. The number of amides is 1. The third-order valence-corrected chi connectivity index (χ3v) is 7.04. The van der Waals surface area contributed by atoms with Crippen LogP contribution in [0.4, 0.5) is 0 Å². The zero-order valence-corrected chi connectivity index (χ0v) is 22.1. The molecule has 8 heteroatoms. The molecule has 8 nitrogen and oxygen atoms in total. The molecule has 3 aromatic carbocycles. The van der Waals surface area contributed by atoms with Gasteiger partial charge in [0.15, 0.2) is 11.5 Å². The average Bonchev–Trinajstić information content (AvgIpc) is 3.51. The largest absolute Gasteiger partial charge is 0.503 e. The maximum atomic E-state index is 13.4. The molecule has 202 valence electrons. The first kappa shape index (κ1) is 26.5. The van der Waals surface area contributed by atoms with E-state index in [1.54, 1.807) is 37.5 Å². The van der Waals surface area contributed by atoms with Crippen LogP contribution in [0.2, 0.25) is 0 Å². The minimum Gasteiger partial charge on any atom is -0.503 e. The summed E-state index contributed by atoms with van der Waals surface area (Å²) in [4.78, 5) is 43.5. The standard InChI is InChI=1S/C32H28N2O6/c1-39-24-13-14-26-25(18-24)23(19-33-26)16-17-34-29(21-9-11-22(12-10-21)32(38)40-2)28(30(36)31(34)37)27(35)15-8-20-6-4-3-5-7-20/h3-15,18-19,29,33,36H,16-17H2,1-2H3/b15-8+. The number of ketones is 1. The first-order chi connectivity index (χ1) is 19.4. The van der Waals surface area contributed by atoms with Crippen molar-refractivity contribution in [3.05, 3.63) is 119 Å². The van der Waals surface area contributed by atoms with Gasteiger partial charge in [0.1, 0.15) is 5.75 Å². The smallest absolute Gasteiger partial charge is 0.337 e. The molecule has 0 radical (unpaired) electrons. The van der Waals surface area contributed by atoms with Gasteiger partial charge in [0.2, 0.25) is 0 Å². The predicted octanol–water partition coefficient (Wildman–Crippen LogP) is 5.18. The van der Waals surface area contributed by atoms with Crippen LogP contribution in [0.15, 0.2) is 96.4 Å². The number of H-pyrrole nitrogens is 1. The van der Waals surface area contributed by atoms with Gasteiger partial charge in [-0.15, -0.1) is 0 Å². The molecular weight excluding hydrogens is 508 g/mol. The molecule has 40 heavy (non-hydrogen) atoms. The number of allylic oxidation sites excluding steroid dienone is 1. The molecule has 0 spiro atoms. The van der Waals surface area contributed by atoms with E-state index in [0.717, 1.165) is 22.0 Å². The highest BCUT2D eigenvalue weighted by Gasteiger charge is 2.42. The molecule has 1 atom stereocenters. The van der Waals surface area contributed by atoms with Gasteiger partial charge in [-0.2, -0.15) is 0 Å². The Morgan fingerprint density at radius 1 is 1.02 bits per heavy atom. The molecule has 1 aliphatic heterocycles. The summed E-state index contributed by atoms with van der Waals surface area (Å²) < 4.78 is 10.2. The minimum absolute atomic E-state index is 0.0106. The molecule has 1 aromatic heterocycles. The number of hydrogen-bond donors (Lipinski definition) is 2. The van der Waals surface area contributed by atoms with Crippen LogP contribution in [0.3, 0.4) is 0 Å². The normalized spacial score (nSPS) is 15.3. The Kier molecular flexibility index (Phi) is 7.50. The number of aromatic nitrogens is 1. The summed E-state index contributed by atoms with van der Waals surface area (Å²) in [6.45, 7) is 0.232. The van der Waals surface area contributed by atoms with Gasteiger partial charge in [-0.1, -0.05) is 48.5 Å². The molecule has 0 fully saturated rings. The van der Waals surface area contributed by atoms with Crippen LogP contribution in [0, 0.1) is 0 Å². The van der Waals surface area contributed by atoms with Crippen molar-refractivity contribution in [3.8, 4) is 5.75 Å². The summed E-state index contributed by atoms with van der Waals surface area (Å²) in [5, 5.41) is 11.9. The summed E-state index contributed by atoms with van der Waals surface area (Å²) in [7, 11) is 2.90. The number of hydrogen-bond acceptors (Lipinski definition) is 6. The fraction of sp³-hybridized carbons (Fsp3) is 0.156. The van der Waals surface area contributed by atoms with Gasteiger partial charge in [-0.25, -0.2) is 4.79 Å². The van der Waals surface area contributed by atoms with E-state index in [4.69, 9.17) is 9.47 Å². The second-order valence-electron chi connectivity index (χ2n) is 9.36. The van der Waals surface area contributed by atoms with Crippen LogP contribution < -0.4 is 4.74 Å². The summed E-state index contributed by atoms with van der Waals surface area (Å²) in [5.74, 6) is -1.47. The number of carbonyl (C=O) groups is 3. The second kappa shape index (κ2) is 11.3. The average molecular weight is 537 g/mol. The Morgan fingerprint density at radius 3 is 2.48 bits per heavy atom. The van der Waals surface area contributed by atoms with Gasteiger partial charge < -0.3 is 24.5 Å². The molecule has 0 saturated carbocycles. The van der Waals surface area contributed by atoms with Gasteiger partial charge in [-0.05, 0) is 59.5 Å². The number of aliphatic hydroxyl groups is 1. The van der Waals surface area contributed by atoms with Crippen molar-refractivity contribution in [2.24, 2.45) is 0 Å². The first-order valence-corrected chi connectivity index (χ1v) is 12.7. The quantitative estimate of drug-likeness (QED) is 0.225. The number of benzene rings is 3. The lowest BCUT2D eigenvalue weighted by atomic mass is 9.94. The van der Waals surface area contributed by atoms with Crippen molar-refractivity contribution in [2.45, 2.75) is 12.5 Å². The van der Waals surface area contributed by atoms with Crippen molar-refractivity contribution >= 4 is 34.6 Å². The number of nitrogens with one attached hydrogen (secondary N) is 1. The highest BCUT2D eigenvalue weighted by Crippen LogP contribution is 2.38. The fourth-order valence-corrected chi connectivity index (χ4v) is 4.96. The number of nitrogens with zero attached hydrogens (tertiary/aromatic N) is 1. The van der Waals surface area contributed by atoms with E-state index in [0.29, 0.717) is 23.3 Å². The molecule has 4 aromatic rings. The number of esters is 1. The SMILES string of the molecule is COC(=O)c1ccc(C2C(C(=O)/C=C/c3ccccc3)=C(O)C(=O)N2CCc2c[nH]c3ccc(OC)cc23)cc1. The Balaban J connectivity index is 1.48. The van der Waals surface area contributed by atoms with Crippen LogP contribution in [-0.2, 0) is 20.7 Å². The van der Waals surface area contributed by atoms with Crippen molar-refractivity contribution in [1.29, 1.82) is 0 Å². The number of fused-ring (bicyclic) bond motifs is 1. The Labute approximate surface area is 231 Å². The maximum absolute atomic E-state index is 13.4. The fourth-order valence-electron chi connectivity index (χ4n) is 4.96. The van der Waals surface area contributed by atoms with Gasteiger partial charge in [-0.3, -0.25) is 9.59 Å². The lowest BCUT2D eigenvalue weighted by Crippen LogP contribution is -2.33. The third-order valence-electron chi connectivity index (χ3n) is 7.04. The summed E-state index contributed by atoms with van der Waals surface area (Å²) in [6.07, 6.45) is 5.35. The molecule has 1 aliphatic rings. The van der Waals surface area contributed by atoms with Crippen molar-refractivity contribution in [1.82, 2.24) is 9.88 Å². The van der Waals surface area contributed by atoms with Crippen LogP contribution in [0.5, 0.6) is 5.75 Å². The number of methoxy groups -OCH3 is 2. The van der Waals surface area contributed by atoms with E-state index < -0.39 is 29.5 Å². The zero-order valence-electron chi connectivity index (χ0n) is 22.1. The summed E-state index contributed by atoms with van der Waals surface area (Å²) >= 11 is 0.